The lowest BCUT2D eigenvalue weighted by Gasteiger charge is -2.18. The lowest BCUT2D eigenvalue weighted by Crippen LogP contribution is -2.38. The van der Waals surface area contributed by atoms with Gasteiger partial charge in [0.2, 0.25) is 0 Å². The number of aliphatic imine (C=N–C) groups is 1. The van der Waals surface area contributed by atoms with Gasteiger partial charge in [-0.3, -0.25) is 10.1 Å². The molecule has 0 aliphatic rings. The Balaban J connectivity index is 1.95. The summed E-state index contributed by atoms with van der Waals surface area (Å²) in [6, 6.07) is 7.09. The molecule has 0 spiro atoms. The molecule has 2 rings (SSSR count). The maximum atomic E-state index is 13.6. The van der Waals surface area contributed by atoms with Crippen LogP contribution >= 0.6 is 0 Å². The monoisotopic (exact) mass is 289 g/mol. The highest BCUT2D eigenvalue weighted by Crippen LogP contribution is 2.16. The quantitative estimate of drug-likeness (QED) is 0.597. The molecule has 0 aliphatic carbocycles. The molecule has 0 amide bonds. The van der Waals surface area contributed by atoms with Crippen molar-refractivity contribution in [3.05, 3.63) is 53.1 Å². The van der Waals surface area contributed by atoms with E-state index in [-0.39, 0.29) is 11.9 Å². The molecule has 0 radical (unpaired) electrons. The average molecular weight is 289 g/mol. The number of guanidine groups is 1. The van der Waals surface area contributed by atoms with Crippen LogP contribution in [0.2, 0.25) is 0 Å². The highest BCUT2D eigenvalue weighted by Gasteiger charge is 2.09. The van der Waals surface area contributed by atoms with E-state index in [2.05, 4.69) is 25.8 Å². The van der Waals surface area contributed by atoms with Crippen molar-refractivity contribution in [1.82, 2.24) is 20.8 Å². The zero-order chi connectivity index (χ0) is 15.2. The van der Waals surface area contributed by atoms with Crippen molar-refractivity contribution in [3.63, 3.8) is 0 Å². The van der Waals surface area contributed by atoms with Gasteiger partial charge >= 0.3 is 0 Å². The molecule has 21 heavy (non-hydrogen) atoms. The molecule has 1 unspecified atom stereocenters. The zero-order valence-electron chi connectivity index (χ0n) is 12.4. The van der Waals surface area contributed by atoms with Crippen molar-refractivity contribution in [2.45, 2.75) is 26.4 Å². The Kier molecular flexibility index (Phi) is 4.92. The van der Waals surface area contributed by atoms with Crippen LogP contribution in [0.4, 0.5) is 4.39 Å². The minimum Gasteiger partial charge on any atom is -0.351 e. The van der Waals surface area contributed by atoms with Crippen molar-refractivity contribution in [2.75, 3.05) is 7.05 Å². The van der Waals surface area contributed by atoms with Crippen molar-refractivity contribution in [3.8, 4) is 0 Å². The smallest absolute Gasteiger partial charge is 0.191 e. The van der Waals surface area contributed by atoms with Crippen molar-refractivity contribution < 1.29 is 4.39 Å². The van der Waals surface area contributed by atoms with E-state index >= 15 is 0 Å². The van der Waals surface area contributed by atoms with E-state index in [9.17, 15) is 4.39 Å². The molecule has 0 fully saturated rings. The summed E-state index contributed by atoms with van der Waals surface area (Å²) in [5.74, 6) is 0.458. The van der Waals surface area contributed by atoms with Crippen molar-refractivity contribution in [1.29, 1.82) is 0 Å². The van der Waals surface area contributed by atoms with Crippen LogP contribution in [-0.4, -0.2) is 23.2 Å². The summed E-state index contributed by atoms with van der Waals surface area (Å²) in [5.41, 5.74) is 2.49. The highest BCUT2D eigenvalue weighted by atomic mass is 19.1. The zero-order valence-corrected chi connectivity index (χ0v) is 12.4. The van der Waals surface area contributed by atoms with Crippen LogP contribution in [0.3, 0.4) is 0 Å². The number of rotatable bonds is 4. The summed E-state index contributed by atoms with van der Waals surface area (Å²) in [7, 11) is 1.70. The van der Waals surface area contributed by atoms with Gasteiger partial charge in [-0.15, -0.1) is 0 Å². The predicted molar refractivity (Wildman–Crippen MR) is 81.5 cm³/mol. The van der Waals surface area contributed by atoms with E-state index in [1.807, 2.05) is 19.1 Å². The first-order valence-corrected chi connectivity index (χ1v) is 6.81. The second-order valence-corrected chi connectivity index (χ2v) is 4.88. The summed E-state index contributed by atoms with van der Waals surface area (Å²) < 4.78 is 13.6. The van der Waals surface area contributed by atoms with Crippen LogP contribution in [0.25, 0.3) is 0 Å². The van der Waals surface area contributed by atoms with E-state index in [0.29, 0.717) is 18.1 Å². The molecule has 1 aromatic heterocycles. The number of nitrogens with zero attached hydrogens (tertiary/aromatic N) is 2. The number of hydrogen-bond acceptors (Lipinski definition) is 2. The molecule has 0 saturated heterocycles. The summed E-state index contributed by atoms with van der Waals surface area (Å²) in [5, 5.41) is 13.2. The Hall–Kier alpha value is -2.37. The molecule has 2 aromatic rings. The molecule has 1 atom stereocenters. The third-order valence-corrected chi connectivity index (χ3v) is 3.28. The normalized spacial score (nSPS) is 13.0. The van der Waals surface area contributed by atoms with E-state index in [1.165, 1.54) is 0 Å². The molecule has 1 heterocycles. The number of H-pyrrole nitrogens is 1. The maximum absolute atomic E-state index is 13.6. The lowest BCUT2D eigenvalue weighted by molar-refractivity contribution is 0.607. The second kappa shape index (κ2) is 6.88. The van der Waals surface area contributed by atoms with Gasteiger partial charge in [0, 0.05) is 13.2 Å². The van der Waals surface area contributed by atoms with Gasteiger partial charge < -0.3 is 10.6 Å². The topological polar surface area (TPSA) is 65.1 Å². The minimum atomic E-state index is -0.193. The SMILES string of the molecule is CN=C(NCc1ccn[nH]1)NC(C)c1ccc(C)c(F)c1. The Morgan fingerprint density at radius 2 is 2.24 bits per heavy atom. The fraction of sp³-hybridized carbons (Fsp3) is 0.333. The summed E-state index contributed by atoms with van der Waals surface area (Å²) >= 11 is 0. The van der Waals surface area contributed by atoms with Crippen LogP contribution in [0.1, 0.15) is 29.8 Å². The number of aromatic amines is 1. The third kappa shape index (κ3) is 4.05. The fourth-order valence-corrected chi connectivity index (χ4v) is 1.92. The Labute approximate surface area is 123 Å². The maximum Gasteiger partial charge on any atom is 0.191 e. The molecule has 0 saturated carbocycles. The van der Waals surface area contributed by atoms with E-state index in [0.717, 1.165) is 11.3 Å². The number of halogens is 1. The highest BCUT2D eigenvalue weighted by molar-refractivity contribution is 5.80. The van der Waals surface area contributed by atoms with Gasteiger partial charge in [-0.05, 0) is 37.1 Å². The first-order valence-electron chi connectivity index (χ1n) is 6.81. The molecular weight excluding hydrogens is 269 g/mol. The standard InChI is InChI=1S/C15H20FN5/c1-10-4-5-12(8-14(10)16)11(2)20-15(17-3)18-9-13-6-7-19-21-13/h4-8,11H,9H2,1-3H3,(H,19,21)(H2,17,18,20). The average Bonchev–Trinajstić information content (AvgIpc) is 2.99. The molecule has 1 aromatic carbocycles. The molecule has 6 heteroatoms. The number of aromatic nitrogens is 2. The summed E-state index contributed by atoms with van der Waals surface area (Å²) in [4.78, 5) is 4.16. The van der Waals surface area contributed by atoms with Crippen LogP contribution in [0, 0.1) is 12.7 Å². The van der Waals surface area contributed by atoms with E-state index < -0.39 is 0 Å². The number of aryl methyl sites for hydroxylation is 1. The van der Waals surface area contributed by atoms with Gasteiger partial charge in [0.25, 0.3) is 0 Å². The second-order valence-electron chi connectivity index (χ2n) is 4.88. The van der Waals surface area contributed by atoms with Crippen LogP contribution in [0.5, 0.6) is 0 Å². The third-order valence-electron chi connectivity index (χ3n) is 3.28. The van der Waals surface area contributed by atoms with Gasteiger partial charge in [0.1, 0.15) is 5.82 Å². The minimum absolute atomic E-state index is 0.0481. The van der Waals surface area contributed by atoms with Crippen molar-refractivity contribution >= 4 is 5.96 Å². The van der Waals surface area contributed by atoms with Gasteiger partial charge in [-0.1, -0.05) is 12.1 Å². The summed E-state index contributed by atoms with van der Waals surface area (Å²) in [6.07, 6.45) is 1.70. The molecule has 3 N–H and O–H groups in total. The van der Waals surface area contributed by atoms with Crippen LogP contribution in [0.15, 0.2) is 35.5 Å². The van der Waals surface area contributed by atoms with E-state index in [1.54, 1.807) is 32.3 Å². The lowest BCUT2D eigenvalue weighted by atomic mass is 10.1. The van der Waals surface area contributed by atoms with Crippen LogP contribution in [-0.2, 0) is 6.54 Å². The first kappa shape index (κ1) is 15.0. The predicted octanol–water partition coefficient (Wildman–Crippen LogP) is 2.28. The molecule has 0 bridgehead atoms. The molecule has 0 aliphatic heterocycles. The van der Waals surface area contributed by atoms with E-state index in [4.69, 9.17) is 0 Å². The Bertz CT molecular complexity index is 607. The number of nitrogens with one attached hydrogen (secondary N) is 3. The number of benzene rings is 1. The first-order chi connectivity index (χ1) is 10.1. The fourth-order valence-electron chi connectivity index (χ4n) is 1.92. The number of hydrogen-bond donors (Lipinski definition) is 3. The van der Waals surface area contributed by atoms with Crippen molar-refractivity contribution in [2.24, 2.45) is 4.99 Å². The Morgan fingerprint density at radius 3 is 2.86 bits per heavy atom. The van der Waals surface area contributed by atoms with Gasteiger partial charge in [-0.2, -0.15) is 5.10 Å². The van der Waals surface area contributed by atoms with Gasteiger partial charge in [0.15, 0.2) is 5.96 Å². The van der Waals surface area contributed by atoms with Crippen LogP contribution < -0.4 is 10.6 Å². The summed E-state index contributed by atoms with van der Waals surface area (Å²) in [6.45, 7) is 4.31. The molecule has 112 valence electrons. The Morgan fingerprint density at radius 1 is 1.43 bits per heavy atom. The molecular formula is C15H20FN5. The molecule has 5 nitrogen and oxygen atoms in total. The van der Waals surface area contributed by atoms with Gasteiger partial charge in [-0.25, -0.2) is 4.39 Å². The van der Waals surface area contributed by atoms with Gasteiger partial charge in [0.05, 0.1) is 18.3 Å². The largest absolute Gasteiger partial charge is 0.351 e.